The van der Waals surface area contributed by atoms with Gasteiger partial charge < -0.3 is 5.32 Å². The lowest BCUT2D eigenvalue weighted by molar-refractivity contribution is -0.121. The molecule has 0 saturated heterocycles. The molecule has 1 N–H and O–H groups in total. The first-order valence-electron chi connectivity index (χ1n) is 6.95. The van der Waals surface area contributed by atoms with Gasteiger partial charge in [0, 0.05) is 17.0 Å². The average molecular weight is 306 g/mol. The fourth-order valence-electron chi connectivity index (χ4n) is 1.78. The zero-order valence-electron chi connectivity index (χ0n) is 12.4. The molecule has 0 aliphatic rings. The first-order chi connectivity index (χ1) is 9.95. The van der Waals surface area contributed by atoms with Crippen molar-refractivity contribution in [3.05, 3.63) is 41.2 Å². The van der Waals surface area contributed by atoms with Crippen molar-refractivity contribution in [2.75, 3.05) is 0 Å². The molecule has 0 fully saturated rings. The second-order valence-electron chi connectivity index (χ2n) is 5.43. The molecule has 3 nitrogen and oxygen atoms in total. The Morgan fingerprint density at radius 2 is 2.14 bits per heavy atom. The van der Waals surface area contributed by atoms with Crippen LogP contribution >= 0.6 is 11.3 Å². The van der Waals surface area contributed by atoms with E-state index < -0.39 is 0 Å². The molecule has 0 radical (unpaired) electrons. The molecule has 1 atom stereocenters. The maximum absolute atomic E-state index is 13.2. The highest BCUT2D eigenvalue weighted by atomic mass is 32.1. The second kappa shape index (κ2) is 6.80. The summed E-state index contributed by atoms with van der Waals surface area (Å²) in [4.78, 5) is 16.3. The van der Waals surface area contributed by atoms with Gasteiger partial charge in [0.2, 0.25) is 5.91 Å². The molecule has 0 spiro atoms. The molecule has 0 aliphatic carbocycles. The van der Waals surface area contributed by atoms with Crippen LogP contribution in [0.1, 0.15) is 26.5 Å². The van der Waals surface area contributed by atoms with E-state index in [4.69, 9.17) is 0 Å². The van der Waals surface area contributed by atoms with Gasteiger partial charge in [-0.25, -0.2) is 9.37 Å². The number of halogens is 1. The fourth-order valence-corrected chi connectivity index (χ4v) is 2.60. The summed E-state index contributed by atoms with van der Waals surface area (Å²) in [5.74, 6) is 0.0762. The Morgan fingerprint density at radius 3 is 2.81 bits per heavy atom. The average Bonchev–Trinajstić information content (AvgIpc) is 2.86. The minimum atomic E-state index is -0.284. The van der Waals surface area contributed by atoms with Crippen LogP contribution in [0.4, 0.5) is 4.39 Å². The summed E-state index contributed by atoms with van der Waals surface area (Å²) in [7, 11) is 0. The van der Waals surface area contributed by atoms with E-state index in [-0.39, 0.29) is 24.2 Å². The van der Waals surface area contributed by atoms with E-state index in [2.05, 4.69) is 24.1 Å². The molecule has 2 rings (SSSR count). The van der Waals surface area contributed by atoms with E-state index >= 15 is 0 Å². The topological polar surface area (TPSA) is 42.0 Å². The van der Waals surface area contributed by atoms with Crippen molar-refractivity contribution in [1.29, 1.82) is 0 Å². The second-order valence-corrected chi connectivity index (χ2v) is 6.29. The van der Waals surface area contributed by atoms with Crippen LogP contribution in [0, 0.1) is 11.7 Å². The highest BCUT2D eigenvalue weighted by Gasteiger charge is 2.13. The molecular formula is C16H19FN2OS. The number of thiazole rings is 1. The third-order valence-electron chi connectivity index (χ3n) is 3.35. The molecule has 1 aromatic heterocycles. The Hall–Kier alpha value is -1.75. The number of hydrogen-bond donors (Lipinski definition) is 1. The SMILES string of the molecule is CC(C)C(C)NC(=O)Cc1csc(-c2cccc(F)c2)n1. The Kier molecular flexibility index (Phi) is 5.07. The molecule has 1 aromatic carbocycles. The van der Waals surface area contributed by atoms with Crippen LogP contribution in [0.15, 0.2) is 29.6 Å². The minimum absolute atomic E-state index is 0.0349. The lowest BCUT2D eigenvalue weighted by Gasteiger charge is -2.16. The molecule has 112 valence electrons. The van der Waals surface area contributed by atoms with Gasteiger partial charge in [-0.05, 0) is 25.0 Å². The van der Waals surface area contributed by atoms with Crippen molar-refractivity contribution in [2.45, 2.75) is 33.2 Å². The first kappa shape index (κ1) is 15.6. The number of nitrogens with one attached hydrogen (secondary N) is 1. The standard InChI is InChI=1S/C16H19FN2OS/c1-10(2)11(3)18-15(20)8-14-9-21-16(19-14)12-5-4-6-13(17)7-12/h4-7,9-11H,8H2,1-3H3,(H,18,20). The Balaban J connectivity index is 2.02. The lowest BCUT2D eigenvalue weighted by atomic mass is 10.1. The Labute approximate surface area is 128 Å². The van der Waals surface area contributed by atoms with Gasteiger partial charge in [0.05, 0.1) is 12.1 Å². The highest BCUT2D eigenvalue weighted by molar-refractivity contribution is 7.13. The molecule has 0 aliphatic heterocycles. The number of carbonyl (C=O) groups excluding carboxylic acids is 1. The van der Waals surface area contributed by atoms with E-state index in [9.17, 15) is 9.18 Å². The quantitative estimate of drug-likeness (QED) is 0.916. The number of benzene rings is 1. The van der Waals surface area contributed by atoms with Crippen LogP contribution in [0.3, 0.4) is 0 Å². The molecule has 1 amide bonds. The summed E-state index contributed by atoms with van der Waals surface area (Å²) in [5, 5.41) is 5.53. The van der Waals surface area contributed by atoms with E-state index in [1.165, 1.54) is 23.5 Å². The molecule has 5 heteroatoms. The van der Waals surface area contributed by atoms with Crippen LogP contribution in [-0.2, 0) is 11.2 Å². The van der Waals surface area contributed by atoms with Crippen LogP contribution in [0.5, 0.6) is 0 Å². The number of hydrogen-bond acceptors (Lipinski definition) is 3. The summed E-state index contributed by atoms with van der Waals surface area (Å²) in [6.45, 7) is 6.12. The summed E-state index contributed by atoms with van der Waals surface area (Å²) < 4.78 is 13.2. The van der Waals surface area contributed by atoms with E-state index in [0.29, 0.717) is 11.6 Å². The van der Waals surface area contributed by atoms with Crippen LogP contribution in [0.25, 0.3) is 10.6 Å². The third-order valence-corrected chi connectivity index (χ3v) is 4.29. The van der Waals surface area contributed by atoms with Gasteiger partial charge in [-0.1, -0.05) is 26.0 Å². The monoisotopic (exact) mass is 306 g/mol. The van der Waals surface area contributed by atoms with Gasteiger partial charge in [0.1, 0.15) is 10.8 Å². The number of carbonyl (C=O) groups is 1. The van der Waals surface area contributed by atoms with E-state index in [1.807, 2.05) is 18.4 Å². The molecule has 21 heavy (non-hydrogen) atoms. The van der Waals surface area contributed by atoms with Crippen molar-refractivity contribution < 1.29 is 9.18 Å². The number of rotatable bonds is 5. The predicted octanol–water partition coefficient (Wildman–Crippen LogP) is 3.65. The van der Waals surface area contributed by atoms with Gasteiger partial charge in [0.15, 0.2) is 0 Å². The smallest absolute Gasteiger partial charge is 0.226 e. The molecule has 1 unspecified atom stereocenters. The zero-order chi connectivity index (χ0) is 15.4. The molecule has 0 saturated carbocycles. The van der Waals surface area contributed by atoms with Crippen LogP contribution < -0.4 is 5.32 Å². The van der Waals surface area contributed by atoms with Crippen LogP contribution in [-0.4, -0.2) is 16.9 Å². The van der Waals surface area contributed by atoms with Gasteiger partial charge in [-0.3, -0.25) is 4.79 Å². The van der Waals surface area contributed by atoms with Gasteiger partial charge in [0.25, 0.3) is 0 Å². The van der Waals surface area contributed by atoms with Crippen molar-refractivity contribution >= 4 is 17.2 Å². The molecule has 2 aromatic rings. The van der Waals surface area contributed by atoms with Crippen molar-refractivity contribution in [1.82, 2.24) is 10.3 Å². The third kappa shape index (κ3) is 4.36. The normalized spacial score (nSPS) is 12.4. The zero-order valence-corrected chi connectivity index (χ0v) is 13.2. The van der Waals surface area contributed by atoms with Crippen molar-refractivity contribution in [2.24, 2.45) is 5.92 Å². The lowest BCUT2D eigenvalue weighted by Crippen LogP contribution is -2.37. The number of nitrogens with zero attached hydrogens (tertiary/aromatic N) is 1. The largest absolute Gasteiger partial charge is 0.353 e. The predicted molar refractivity (Wildman–Crippen MR) is 83.7 cm³/mol. The van der Waals surface area contributed by atoms with Gasteiger partial charge >= 0.3 is 0 Å². The van der Waals surface area contributed by atoms with Crippen molar-refractivity contribution in [3.8, 4) is 10.6 Å². The molecular weight excluding hydrogens is 287 g/mol. The fraction of sp³-hybridized carbons (Fsp3) is 0.375. The van der Waals surface area contributed by atoms with Crippen LogP contribution in [0.2, 0.25) is 0 Å². The van der Waals surface area contributed by atoms with Crippen molar-refractivity contribution in [3.63, 3.8) is 0 Å². The highest BCUT2D eigenvalue weighted by Crippen LogP contribution is 2.24. The van der Waals surface area contributed by atoms with Gasteiger partial charge in [-0.2, -0.15) is 0 Å². The van der Waals surface area contributed by atoms with Gasteiger partial charge in [-0.15, -0.1) is 11.3 Å². The Morgan fingerprint density at radius 1 is 1.38 bits per heavy atom. The summed E-state index contributed by atoms with van der Waals surface area (Å²) in [6.07, 6.45) is 0.253. The van der Waals surface area contributed by atoms with E-state index in [0.717, 1.165) is 10.6 Å². The maximum atomic E-state index is 13.2. The minimum Gasteiger partial charge on any atom is -0.353 e. The molecule has 0 bridgehead atoms. The summed E-state index contributed by atoms with van der Waals surface area (Å²) >= 11 is 1.42. The van der Waals surface area contributed by atoms with E-state index in [1.54, 1.807) is 6.07 Å². The summed E-state index contributed by atoms with van der Waals surface area (Å²) in [5.41, 5.74) is 1.45. The Bertz CT molecular complexity index is 624. The first-order valence-corrected chi connectivity index (χ1v) is 7.83. The number of aromatic nitrogens is 1. The molecule has 1 heterocycles. The summed E-state index contributed by atoms with van der Waals surface area (Å²) in [6, 6.07) is 6.45. The maximum Gasteiger partial charge on any atom is 0.226 e. The number of amides is 1.